The third kappa shape index (κ3) is 10.7. The van der Waals surface area contributed by atoms with Gasteiger partial charge in [-0.1, -0.05) is 81.1 Å². The van der Waals surface area contributed by atoms with Crippen molar-refractivity contribution in [1.82, 2.24) is 4.90 Å². The van der Waals surface area contributed by atoms with E-state index < -0.39 is 0 Å². The molecular weight excluding hydrogens is 314 g/mol. The lowest BCUT2D eigenvalue weighted by Crippen LogP contribution is -2.37. The summed E-state index contributed by atoms with van der Waals surface area (Å²) in [7, 11) is 0. The Morgan fingerprint density at radius 2 is 1.25 bits per heavy atom. The second-order valence-corrected chi connectivity index (χ2v) is 7.14. The van der Waals surface area contributed by atoms with E-state index >= 15 is 0 Å². The normalized spacial score (nSPS) is 12.4. The van der Waals surface area contributed by atoms with Crippen LogP contribution in [0.4, 0.5) is 0 Å². The minimum atomic E-state index is -0.0474. The largest absolute Gasteiger partial charge is 0.342 e. The fourth-order valence-corrected chi connectivity index (χ4v) is 2.69. The maximum absolute atomic E-state index is 12.2. The number of carbonyl (C=O) groups is 1. The van der Waals surface area contributed by atoms with Crippen molar-refractivity contribution in [2.75, 3.05) is 13.1 Å². The van der Waals surface area contributed by atoms with Crippen LogP contribution in [0.15, 0.2) is 0 Å². The average molecular weight is 348 g/mol. The molecule has 0 saturated carbocycles. The molecule has 1 atom stereocenters. The molecule has 2 nitrogen and oxygen atoms in total. The molecule has 0 saturated heterocycles. The minimum absolute atomic E-state index is 0.0474. The van der Waals surface area contributed by atoms with E-state index in [4.69, 9.17) is 0 Å². The first kappa shape index (κ1) is 19.9. The Balaban J connectivity index is 3.92. The van der Waals surface area contributed by atoms with Crippen molar-refractivity contribution in [2.24, 2.45) is 0 Å². The summed E-state index contributed by atoms with van der Waals surface area (Å²) in [5.74, 6) is 0.260. The zero-order valence-electron chi connectivity index (χ0n) is 13.8. The van der Waals surface area contributed by atoms with Crippen molar-refractivity contribution in [2.45, 2.75) is 89.8 Å². The summed E-state index contributed by atoms with van der Waals surface area (Å²) in [6.07, 6.45) is 12.6. The lowest BCUT2D eigenvalue weighted by Gasteiger charge is -2.24. The van der Waals surface area contributed by atoms with Crippen molar-refractivity contribution < 1.29 is 4.79 Å². The van der Waals surface area contributed by atoms with E-state index in [2.05, 4.69) is 34.7 Å². The summed E-state index contributed by atoms with van der Waals surface area (Å²) in [4.78, 5) is 14.2. The van der Waals surface area contributed by atoms with E-state index in [0.29, 0.717) is 0 Å². The number of rotatable bonds is 13. The molecule has 0 N–H and O–H groups in total. The molecule has 3 heteroatoms. The van der Waals surface area contributed by atoms with E-state index in [1.54, 1.807) is 0 Å². The highest BCUT2D eigenvalue weighted by molar-refractivity contribution is 9.10. The topological polar surface area (TPSA) is 20.3 Å². The molecule has 120 valence electrons. The molecule has 0 aromatic rings. The molecule has 0 aromatic heterocycles. The third-order valence-electron chi connectivity index (χ3n) is 3.72. The van der Waals surface area contributed by atoms with Crippen LogP contribution in [0.25, 0.3) is 0 Å². The summed E-state index contributed by atoms with van der Waals surface area (Å²) >= 11 is 3.42. The van der Waals surface area contributed by atoms with Gasteiger partial charge in [0, 0.05) is 13.1 Å². The summed E-state index contributed by atoms with van der Waals surface area (Å²) in [5.41, 5.74) is 0. The lowest BCUT2D eigenvalue weighted by atomic mass is 10.1. The van der Waals surface area contributed by atoms with Crippen molar-refractivity contribution in [3.8, 4) is 0 Å². The van der Waals surface area contributed by atoms with E-state index in [1.807, 2.05) is 6.92 Å². The number of nitrogens with zero attached hydrogens (tertiary/aromatic N) is 1. The first-order chi connectivity index (χ1) is 9.63. The van der Waals surface area contributed by atoms with Crippen LogP contribution in [0, 0.1) is 0 Å². The van der Waals surface area contributed by atoms with Crippen molar-refractivity contribution in [3.05, 3.63) is 0 Å². The van der Waals surface area contributed by atoms with Gasteiger partial charge in [0.15, 0.2) is 0 Å². The number of amides is 1. The lowest BCUT2D eigenvalue weighted by molar-refractivity contribution is -0.130. The number of unbranched alkanes of at least 4 members (excludes halogenated alkanes) is 8. The molecule has 0 aliphatic carbocycles. The molecule has 0 rings (SSSR count). The number of alkyl halides is 1. The van der Waals surface area contributed by atoms with E-state index in [1.165, 1.54) is 51.4 Å². The first-order valence-electron chi connectivity index (χ1n) is 8.56. The Bertz CT molecular complexity index is 217. The molecule has 0 fully saturated rings. The molecule has 1 amide bonds. The Hall–Kier alpha value is -0.0500. The smallest absolute Gasteiger partial charge is 0.236 e. The van der Waals surface area contributed by atoms with Crippen LogP contribution < -0.4 is 0 Å². The van der Waals surface area contributed by atoms with Gasteiger partial charge in [0.2, 0.25) is 5.91 Å². The molecule has 0 radical (unpaired) electrons. The van der Waals surface area contributed by atoms with Crippen molar-refractivity contribution in [3.63, 3.8) is 0 Å². The Morgan fingerprint density at radius 1 is 0.850 bits per heavy atom. The van der Waals surface area contributed by atoms with Gasteiger partial charge in [0.05, 0.1) is 4.83 Å². The summed E-state index contributed by atoms with van der Waals surface area (Å²) in [5, 5.41) is 0. The van der Waals surface area contributed by atoms with Crippen molar-refractivity contribution in [1.29, 1.82) is 0 Å². The van der Waals surface area contributed by atoms with Gasteiger partial charge in [-0.3, -0.25) is 4.79 Å². The molecule has 0 aromatic carbocycles. The average Bonchev–Trinajstić information content (AvgIpc) is 2.43. The zero-order chi connectivity index (χ0) is 15.2. The van der Waals surface area contributed by atoms with E-state index in [-0.39, 0.29) is 10.7 Å². The van der Waals surface area contributed by atoms with E-state index in [9.17, 15) is 4.79 Å². The van der Waals surface area contributed by atoms with Gasteiger partial charge in [-0.05, 0) is 19.8 Å². The van der Waals surface area contributed by atoms with Crippen molar-refractivity contribution >= 4 is 21.8 Å². The predicted octanol–water partition coefficient (Wildman–Crippen LogP) is 5.54. The van der Waals surface area contributed by atoms with Crippen LogP contribution >= 0.6 is 15.9 Å². The van der Waals surface area contributed by atoms with Gasteiger partial charge < -0.3 is 4.90 Å². The molecular formula is C17H34BrNO. The van der Waals surface area contributed by atoms with Gasteiger partial charge in [0.1, 0.15) is 0 Å². The van der Waals surface area contributed by atoms with Gasteiger partial charge >= 0.3 is 0 Å². The van der Waals surface area contributed by atoms with Gasteiger partial charge in [-0.2, -0.15) is 0 Å². The second-order valence-electron chi connectivity index (χ2n) is 5.77. The van der Waals surface area contributed by atoms with Gasteiger partial charge in [-0.25, -0.2) is 0 Å². The highest BCUT2D eigenvalue weighted by Gasteiger charge is 2.17. The number of hydrogen-bond acceptors (Lipinski definition) is 1. The molecule has 0 spiro atoms. The SMILES string of the molecule is CCCCCCCN(CCCCCCC)C(=O)C(C)Br. The molecule has 20 heavy (non-hydrogen) atoms. The van der Waals surface area contributed by atoms with Crippen LogP contribution in [-0.2, 0) is 4.79 Å². The Kier molecular flexibility index (Phi) is 13.9. The highest BCUT2D eigenvalue weighted by Crippen LogP contribution is 2.11. The van der Waals surface area contributed by atoms with Gasteiger partial charge in [0.25, 0.3) is 0 Å². The molecule has 0 aliphatic heterocycles. The third-order valence-corrected chi connectivity index (χ3v) is 4.11. The number of hydrogen-bond donors (Lipinski definition) is 0. The summed E-state index contributed by atoms with van der Waals surface area (Å²) < 4.78 is 0. The summed E-state index contributed by atoms with van der Waals surface area (Å²) in [6.45, 7) is 8.28. The quantitative estimate of drug-likeness (QED) is 0.316. The Labute approximate surface area is 134 Å². The highest BCUT2D eigenvalue weighted by atomic mass is 79.9. The zero-order valence-corrected chi connectivity index (χ0v) is 15.4. The maximum atomic E-state index is 12.2. The van der Waals surface area contributed by atoms with Crippen LogP contribution in [0.5, 0.6) is 0 Å². The second kappa shape index (κ2) is 13.9. The minimum Gasteiger partial charge on any atom is -0.342 e. The number of halogens is 1. The van der Waals surface area contributed by atoms with Crippen LogP contribution in [-0.4, -0.2) is 28.7 Å². The number of carbonyl (C=O) groups excluding carboxylic acids is 1. The van der Waals surface area contributed by atoms with Gasteiger partial charge in [-0.15, -0.1) is 0 Å². The predicted molar refractivity (Wildman–Crippen MR) is 92.5 cm³/mol. The van der Waals surface area contributed by atoms with Crippen LogP contribution in [0.2, 0.25) is 0 Å². The molecule has 0 aliphatic rings. The first-order valence-corrected chi connectivity index (χ1v) is 9.47. The Morgan fingerprint density at radius 3 is 1.60 bits per heavy atom. The van der Waals surface area contributed by atoms with Crippen LogP contribution in [0.1, 0.15) is 85.0 Å². The fraction of sp³-hybridized carbons (Fsp3) is 0.941. The summed E-state index contributed by atoms with van der Waals surface area (Å²) in [6, 6.07) is 0. The molecule has 1 unspecified atom stereocenters. The fourth-order valence-electron chi connectivity index (χ4n) is 2.40. The monoisotopic (exact) mass is 347 g/mol. The standard InChI is InChI=1S/C17H34BrNO/c1-4-6-8-10-12-14-19(17(20)16(3)18)15-13-11-9-7-5-2/h16H,4-15H2,1-3H3. The maximum Gasteiger partial charge on any atom is 0.236 e. The molecule has 0 heterocycles. The van der Waals surface area contributed by atoms with E-state index in [0.717, 1.165) is 25.9 Å². The van der Waals surface area contributed by atoms with Crippen LogP contribution in [0.3, 0.4) is 0 Å². The molecule has 0 bridgehead atoms.